The van der Waals surface area contributed by atoms with E-state index in [0.717, 1.165) is 5.39 Å². The smallest absolute Gasteiger partial charge is 0.291 e. The summed E-state index contributed by atoms with van der Waals surface area (Å²) in [5.74, 6) is 0.411. The fraction of sp³-hybridized carbons (Fsp3) is 0.0455. The molecule has 1 aromatic heterocycles. The van der Waals surface area contributed by atoms with Gasteiger partial charge in [-0.2, -0.15) is 0 Å². The van der Waals surface area contributed by atoms with Crippen LogP contribution >= 0.6 is 0 Å². The molecule has 1 heterocycles. The van der Waals surface area contributed by atoms with Crippen molar-refractivity contribution in [2.45, 2.75) is 6.61 Å². The van der Waals surface area contributed by atoms with E-state index in [1.807, 2.05) is 48.5 Å². The molecular formula is C22H17NO4. The van der Waals surface area contributed by atoms with Crippen LogP contribution in [0.15, 0.2) is 83.3 Å². The number of rotatable bonds is 5. The monoisotopic (exact) mass is 359 g/mol. The van der Waals surface area contributed by atoms with Gasteiger partial charge in [-0.05, 0) is 30.3 Å². The minimum atomic E-state index is -0.445. The molecule has 5 nitrogen and oxygen atoms in total. The molecule has 0 aliphatic rings. The van der Waals surface area contributed by atoms with Crippen LogP contribution in [-0.4, -0.2) is 11.0 Å². The molecule has 0 spiro atoms. The predicted octanol–water partition coefficient (Wildman–Crippen LogP) is 4.97. The van der Waals surface area contributed by atoms with Crippen LogP contribution in [0.5, 0.6) is 11.5 Å². The average molecular weight is 359 g/mol. The summed E-state index contributed by atoms with van der Waals surface area (Å²) in [5.41, 5.74) is 1.58. The first-order valence-corrected chi connectivity index (χ1v) is 8.50. The molecule has 2 N–H and O–H groups in total. The van der Waals surface area contributed by atoms with Crippen LogP contribution in [0.2, 0.25) is 0 Å². The number of amides is 1. The van der Waals surface area contributed by atoms with Gasteiger partial charge in [-0.1, -0.05) is 48.5 Å². The second-order valence-corrected chi connectivity index (χ2v) is 5.98. The van der Waals surface area contributed by atoms with E-state index >= 15 is 0 Å². The zero-order valence-corrected chi connectivity index (χ0v) is 14.4. The standard InChI is InChI=1S/C22H17NO4/c24-19-12-6-5-11-18(19)23-22(25)21-17(14-26-15-8-2-1-3-9-15)16-10-4-7-13-20(16)27-21/h1-13,24H,14H2,(H,23,25). The van der Waals surface area contributed by atoms with Crippen molar-refractivity contribution in [3.05, 3.63) is 90.2 Å². The third-order valence-corrected chi connectivity index (χ3v) is 4.18. The van der Waals surface area contributed by atoms with Crippen LogP contribution < -0.4 is 10.1 Å². The molecule has 134 valence electrons. The van der Waals surface area contributed by atoms with Gasteiger partial charge < -0.3 is 19.6 Å². The average Bonchev–Trinajstić information content (AvgIpc) is 3.08. The van der Waals surface area contributed by atoms with Crippen LogP contribution in [0, 0.1) is 0 Å². The number of carbonyl (C=O) groups excluding carboxylic acids is 1. The number of furan rings is 1. The lowest BCUT2D eigenvalue weighted by Crippen LogP contribution is -2.14. The maximum Gasteiger partial charge on any atom is 0.291 e. The van der Waals surface area contributed by atoms with Crippen LogP contribution in [-0.2, 0) is 6.61 Å². The summed E-state index contributed by atoms with van der Waals surface area (Å²) in [4.78, 5) is 12.8. The number of aromatic hydroxyl groups is 1. The first-order chi connectivity index (χ1) is 13.2. The molecule has 0 aliphatic heterocycles. The largest absolute Gasteiger partial charge is 0.506 e. The molecular weight excluding hydrogens is 342 g/mol. The van der Waals surface area contributed by atoms with E-state index in [0.29, 0.717) is 22.6 Å². The molecule has 0 aliphatic carbocycles. The molecule has 0 saturated carbocycles. The second-order valence-electron chi connectivity index (χ2n) is 5.98. The number of nitrogens with one attached hydrogen (secondary N) is 1. The maximum absolute atomic E-state index is 12.8. The van der Waals surface area contributed by atoms with Crippen molar-refractivity contribution in [3.63, 3.8) is 0 Å². The first-order valence-electron chi connectivity index (χ1n) is 8.50. The number of hydrogen-bond donors (Lipinski definition) is 2. The number of hydrogen-bond acceptors (Lipinski definition) is 4. The molecule has 4 rings (SSSR count). The van der Waals surface area contributed by atoms with Gasteiger partial charge in [0.05, 0.1) is 5.69 Å². The Balaban J connectivity index is 1.67. The number of benzene rings is 3. The van der Waals surface area contributed by atoms with E-state index in [1.54, 1.807) is 24.3 Å². The lowest BCUT2D eigenvalue weighted by Gasteiger charge is -2.08. The zero-order valence-electron chi connectivity index (χ0n) is 14.4. The Morgan fingerprint density at radius 2 is 1.63 bits per heavy atom. The fourth-order valence-corrected chi connectivity index (χ4v) is 2.86. The molecule has 0 radical (unpaired) electrons. The zero-order chi connectivity index (χ0) is 18.6. The number of carbonyl (C=O) groups is 1. The molecule has 0 saturated heterocycles. The molecule has 0 atom stereocenters. The van der Waals surface area contributed by atoms with Gasteiger partial charge in [-0.3, -0.25) is 4.79 Å². The van der Waals surface area contributed by atoms with Crippen molar-refractivity contribution in [2.75, 3.05) is 5.32 Å². The minimum absolute atomic E-state index is 0.0101. The summed E-state index contributed by atoms with van der Waals surface area (Å²) in [6.07, 6.45) is 0. The van der Waals surface area contributed by atoms with Gasteiger partial charge in [-0.25, -0.2) is 0 Å². The molecule has 0 fully saturated rings. The van der Waals surface area contributed by atoms with E-state index in [-0.39, 0.29) is 18.1 Å². The van der Waals surface area contributed by atoms with E-state index in [1.165, 1.54) is 6.07 Å². The lowest BCUT2D eigenvalue weighted by atomic mass is 10.1. The van der Waals surface area contributed by atoms with Gasteiger partial charge in [0.25, 0.3) is 5.91 Å². The molecule has 1 amide bonds. The molecule has 5 heteroatoms. The van der Waals surface area contributed by atoms with Crippen molar-refractivity contribution >= 4 is 22.6 Å². The predicted molar refractivity (Wildman–Crippen MR) is 103 cm³/mol. The van der Waals surface area contributed by atoms with Crippen molar-refractivity contribution in [2.24, 2.45) is 0 Å². The van der Waals surface area contributed by atoms with E-state index in [4.69, 9.17) is 9.15 Å². The van der Waals surface area contributed by atoms with Crippen LogP contribution in [0.3, 0.4) is 0 Å². The number of phenolic OH excluding ortho intramolecular Hbond substituents is 1. The highest BCUT2D eigenvalue weighted by atomic mass is 16.5. The van der Waals surface area contributed by atoms with Crippen LogP contribution in [0.4, 0.5) is 5.69 Å². The Labute approximate surface area is 155 Å². The summed E-state index contributed by atoms with van der Waals surface area (Å²) in [7, 11) is 0. The summed E-state index contributed by atoms with van der Waals surface area (Å²) in [6, 6.07) is 23.3. The maximum atomic E-state index is 12.8. The highest BCUT2D eigenvalue weighted by Gasteiger charge is 2.21. The van der Waals surface area contributed by atoms with Crippen molar-refractivity contribution in [1.82, 2.24) is 0 Å². The Bertz CT molecular complexity index is 1090. The van der Waals surface area contributed by atoms with E-state index in [9.17, 15) is 9.90 Å². The number of phenols is 1. The molecule has 3 aromatic carbocycles. The number of ether oxygens (including phenoxy) is 1. The molecule has 0 unspecified atom stereocenters. The Hall–Kier alpha value is -3.73. The third-order valence-electron chi connectivity index (χ3n) is 4.18. The Morgan fingerprint density at radius 1 is 0.926 bits per heavy atom. The highest BCUT2D eigenvalue weighted by Crippen LogP contribution is 2.29. The number of fused-ring (bicyclic) bond motifs is 1. The normalized spacial score (nSPS) is 10.7. The van der Waals surface area contributed by atoms with Crippen molar-refractivity contribution < 1.29 is 19.1 Å². The molecule has 27 heavy (non-hydrogen) atoms. The van der Waals surface area contributed by atoms with Crippen molar-refractivity contribution in [3.8, 4) is 11.5 Å². The SMILES string of the molecule is O=C(Nc1ccccc1O)c1oc2ccccc2c1COc1ccccc1. The van der Waals surface area contributed by atoms with E-state index < -0.39 is 5.91 Å². The molecule has 4 aromatic rings. The van der Waals surface area contributed by atoms with Gasteiger partial charge >= 0.3 is 0 Å². The molecule has 0 bridgehead atoms. The van der Waals surface area contributed by atoms with Gasteiger partial charge in [0, 0.05) is 10.9 Å². The Morgan fingerprint density at radius 3 is 2.44 bits per heavy atom. The fourth-order valence-electron chi connectivity index (χ4n) is 2.86. The lowest BCUT2D eigenvalue weighted by molar-refractivity contribution is 0.0995. The minimum Gasteiger partial charge on any atom is -0.506 e. The van der Waals surface area contributed by atoms with Gasteiger partial charge in [0.2, 0.25) is 0 Å². The van der Waals surface area contributed by atoms with Crippen LogP contribution in [0.25, 0.3) is 11.0 Å². The van der Waals surface area contributed by atoms with Crippen molar-refractivity contribution in [1.29, 1.82) is 0 Å². The van der Waals surface area contributed by atoms with Crippen LogP contribution in [0.1, 0.15) is 16.1 Å². The quantitative estimate of drug-likeness (QED) is 0.494. The topological polar surface area (TPSA) is 71.7 Å². The van der Waals surface area contributed by atoms with Gasteiger partial charge in [0.15, 0.2) is 5.76 Å². The summed E-state index contributed by atoms with van der Waals surface area (Å²) >= 11 is 0. The first kappa shape index (κ1) is 16.7. The van der Waals surface area contributed by atoms with Gasteiger partial charge in [0.1, 0.15) is 23.7 Å². The second kappa shape index (κ2) is 7.25. The van der Waals surface area contributed by atoms with Gasteiger partial charge in [-0.15, -0.1) is 0 Å². The Kier molecular flexibility index (Phi) is 4.49. The summed E-state index contributed by atoms with van der Waals surface area (Å²) in [6.45, 7) is 0.185. The number of anilines is 1. The summed E-state index contributed by atoms with van der Waals surface area (Å²) in [5, 5.41) is 13.4. The third kappa shape index (κ3) is 3.48. The summed E-state index contributed by atoms with van der Waals surface area (Å²) < 4.78 is 11.6. The van der Waals surface area contributed by atoms with E-state index in [2.05, 4.69) is 5.32 Å². The number of para-hydroxylation sites is 4. The highest BCUT2D eigenvalue weighted by molar-refractivity contribution is 6.07.